The molecule has 1 amide bonds. The second-order valence-corrected chi connectivity index (χ2v) is 3.30. The molecule has 0 aliphatic rings. The highest BCUT2D eigenvalue weighted by atomic mass is 16.6. The first-order valence-electron chi connectivity index (χ1n) is 4.82. The number of benzene rings is 1. The predicted octanol–water partition coefficient (Wildman–Crippen LogP) is 1.58. The molecule has 92 valence electrons. The van der Waals surface area contributed by atoms with E-state index in [9.17, 15) is 14.9 Å². The Morgan fingerprint density at radius 1 is 1.47 bits per heavy atom. The lowest BCUT2D eigenvalue weighted by atomic mass is 10.3. The van der Waals surface area contributed by atoms with Gasteiger partial charge in [-0.3, -0.25) is 10.1 Å². The van der Waals surface area contributed by atoms with Gasteiger partial charge in [-0.25, -0.2) is 4.79 Å². The van der Waals surface area contributed by atoms with Gasteiger partial charge < -0.3 is 14.7 Å². The van der Waals surface area contributed by atoms with Crippen LogP contribution in [0.25, 0.3) is 0 Å². The molecule has 0 aliphatic heterocycles. The lowest BCUT2D eigenvalue weighted by Crippen LogP contribution is -2.29. The summed E-state index contributed by atoms with van der Waals surface area (Å²) in [6.45, 7) is 0.424. The van der Waals surface area contributed by atoms with E-state index in [2.05, 4.69) is 0 Å². The molecular weight excluding hydrogens is 228 g/mol. The highest BCUT2D eigenvalue weighted by molar-refractivity contribution is 5.64. The van der Waals surface area contributed by atoms with Gasteiger partial charge in [-0.1, -0.05) is 0 Å². The molecule has 0 unspecified atom stereocenters. The van der Waals surface area contributed by atoms with Crippen molar-refractivity contribution in [2.75, 3.05) is 20.2 Å². The molecule has 7 heteroatoms. The first-order valence-corrected chi connectivity index (χ1v) is 4.82. The van der Waals surface area contributed by atoms with Crippen LogP contribution in [0.4, 0.5) is 10.5 Å². The van der Waals surface area contributed by atoms with Gasteiger partial charge in [-0.15, -0.1) is 0 Å². The topological polar surface area (TPSA) is 92.9 Å². The van der Waals surface area contributed by atoms with Crippen molar-refractivity contribution in [3.05, 3.63) is 34.4 Å². The Bertz CT molecular complexity index is 404. The molecule has 0 heterocycles. The number of carbonyl (C=O) groups is 1. The van der Waals surface area contributed by atoms with Crippen LogP contribution in [0, 0.1) is 10.1 Å². The molecule has 1 aromatic carbocycles. The highest BCUT2D eigenvalue weighted by Gasteiger charge is 2.06. The van der Waals surface area contributed by atoms with Crippen LogP contribution in [0.2, 0.25) is 0 Å². The van der Waals surface area contributed by atoms with Crippen molar-refractivity contribution in [2.45, 2.75) is 0 Å². The first kappa shape index (κ1) is 12.8. The minimum Gasteiger partial charge on any atom is -0.492 e. The minimum atomic E-state index is -1.03. The number of carboxylic acid groups (broad SMARTS) is 1. The maximum absolute atomic E-state index is 10.5. The summed E-state index contributed by atoms with van der Waals surface area (Å²) in [4.78, 5) is 21.4. The van der Waals surface area contributed by atoms with E-state index in [-0.39, 0.29) is 18.8 Å². The van der Waals surface area contributed by atoms with Crippen LogP contribution < -0.4 is 4.74 Å². The van der Waals surface area contributed by atoms with Crippen LogP contribution in [0.15, 0.2) is 24.3 Å². The zero-order valence-corrected chi connectivity index (χ0v) is 9.20. The molecule has 0 radical (unpaired) electrons. The molecule has 0 aromatic heterocycles. The molecule has 7 nitrogen and oxygen atoms in total. The van der Waals surface area contributed by atoms with Gasteiger partial charge >= 0.3 is 6.09 Å². The van der Waals surface area contributed by atoms with Crippen molar-refractivity contribution >= 4 is 11.8 Å². The van der Waals surface area contributed by atoms with Crippen molar-refractivity contribution < 1.29 is 19.6 Å². The van der Waals surface area contributed by atoms with Crippen molar-refractivity contribution in [1.82, 2.24) is 4.90 Å². The molecule has 0 aliphatic carbocycles. The summed E-state index contributed by atoms with van der Waals surface area (Å²) in [5.74, 6) is 0.467. The summed E-state index contributed by atoms with van der Waals surface area (Å²) in [5.41, 5.74) is -0.0139. The third-order valence-electron chi connectivity index (χ3n) is 2.07. The van der Waals surface area contributed by atoms with E-state index in [1.54, 1.807) is 0 Å². The van der Waals surface area contributed by atoms with Gasteiger partial charge in [0, 0.05) is 19.2 Å². The van der Waals surface area contributed by atoms with Crippen LogP contribution in [0.1, 0.15) is 0 Å². The van der Waals surface area contributed by atoms with Crippen LogP contribution in [-0.4, -0.2) is 41.2 Å². The van der Waals surface area contributed by atoms with Gasteiger partial charge in [-0.05, 0) is 12.1 Å². The van der Waals surface area contributed by atoms with E-state index < -0.39 is 11.0 Å². The molecule has 1 aromatic rings. The summed E-state index contributed by atoms with van der Waals surface area (Å²) in [6.07, 6.45) is -1.03. The van der Waals surface area contributed by atoms with Gasteiger partial charge in [0.15, 0.2) is 0 Å². The standard InChI is InChI=1S/C10H12N2O5/c1-11(10(13)14)6-7-17-9-4-2-8(3-5-9)12(15)16/h2-5H,6-7H2,1H3,(H,13,14). The van der Waals surface area contributed by atoms with Crippen molar-refractivity contribution in [3.63, 3.8) is 0 Å². The molecule has 17 heavy (non-hydrogen) atoms. The number of nitro groups is 1. The number of hydrogen-bond acceptors (Lipinski definition) is 4. The number of likely N-dealkylation sites (N-methyl/N-ethyl adjacent to an activating group) is 1. The zero-order chi connectivity index (χ0) is 12.8. The fourth-order valence-corrected chi connectivity index (χ4v) is 1.06. The third-order valence-corrected chi connectivity index (χ3v) is 2.07. The molecule has 0 bridgehead atoms. The zero-order valence-electron chi connectivity index (χ0n) is 9.20. The van der Waals surface area contributed by atoms with Gasteiger partial charge in [-0.2, -0.15) is 0 Å². The second-order valence-electron chi connectivity index (χ2n) is 3.30. The minimum absolute atomic E-state index is 0.0139. The Kier molecular flexibility index (Phi) is 4.27. The average molecular weight is 240 g/mol. The molecule has 0 atom stereocenters. The lowest BCUT2D eigenvalue weighted by molar-refractivity contribution is -0.384. The second kappa shape index (κ2) is 5.69. The Labute approximate surface area is 97.4 Å². The summed E-state index contributed by atoms with van der Waals surface area (Å²) in [5, 5.41) is 19.0. The SMILES string of the molecule is CN(CCOc1ccc([N+](=O)[O-])cc1)C(=O)O. The fourth-order valence-electron chi connectivity index (χ4n) is 1.06. The van der Waals surface area contributed by atoms with Crippen molar-refractivity contribution in [2.24, 2.45) is 0 Å². The Hall–Kier alpha value is -2.31. The van der Waals surface area contributed by atoms with Gasteiger partial charge in [0.05, 0.1) is 11.5 Å². The molecule has 1 rings (SSSR count). The van der Waals surface area contributed by atoms with Crippen LogP contribution in [0.3, 0.4) is 0 Å². The van der Waals surface area contributed by atoms with Gasteiger partial charge in [0.2, 0.25) is 0 Å². The Morgan fingerprint density at radius 2 is 2.06 bits per heavy atom. The molecule has 0 spiro atoms. The smallest absolute Gasteiger partial charge is 0.407 e. The summed E-state index contributed by atoms with van der Waals surface area (Å²) in [7, 11) is 1.43. The monoisotopic (exact) mass is 240 g/mol. The number of hydrogen-bond donors (Lipinski definition) is 1. The van der Waals surface area contributed by atoms with Gasteiger partial charge in [0.25, 0.3) is 5.69 Å². The van der Waals surface area contributed by atoms with Crippen molar-refractivity contribution in [1.29, 1.82) is 0 Å². The van der Waals surface area contributed by atoms with Crippen molar-refractivity contribution in [3.8, 4) is 5.75 Å². The summed E-state index contributed by atoms with van der Waals surface area (Å²) in [6, 6.07) is 5.60. The van der Waals surface area contributed by atoms with E-state index in [1.807, 2.05) is 0 Å². The molecule has 0 saturated heterocycles. The number of non-ortho nitro benzene ring substituents is 1. The number of amides is 1. The van der Waals surface area contributed by atoms with Gasteiger partial charge in [0.1, 0.15) is 12.4 Å². The predicted molar refractivity (Wildman–Crippen MR) is 59.2 cm³/mol. The number of rotatable bonds is 5. The van der Waals surface area contributed by atoms with Crippen LogP contribution in [0.5, 0.6) is 5.75 Å². The summed E-state index contributed by atoms with van der Waals surface area (Å²) >= 11 is 0. The van der Waals surface area contributed by atoms with Crippen LogP contribution in [-0.2, 0) is 0 Å². The average Bonchev–Trinajstić information content (AvgIpc) is 2.29. The number of nitro benzene ring substituents is 1. The Morgan fingerprint density at radius 3 is 2.53 bits per heavy atom. The molecule has 0 fully saturated rings. The number of nitrogens with zero attached hydrogens (tertiary/aromatic N) is 2. The maximum atomic E-state index is 10.5. The number of ether oxygens (including phenoxy) is 1. The van der Waals surface area contributed by atoms with E-state index in [0.717, 1.165) is 4.90 Å². The van der Waals surface area contributed by atoms with E-state index in [1.165, 1.54) is 31.3 Å². The normalized spacial score (nSPS) is 9.71. The lowest BCUT2D eigenvalue weighted by Gasteiger charge is -2.13. The molecule has 1 N–H and O–H groups in total. The first-order chi connectivity index (χ1) is 8.00. The summed E-state index contributed by atoms with van der Waals surface area (Å²) < 4.78 is 5.23. The Balaban J connectivity index is 2.42. The maximum Gasteiger partial charge on any atom is 0.407 e. The molecular formula is C10H12N2O5. The largest absolute Gasteiger partial charge is 0.492 e. The highest BCUT2D eigenvalue weighted by Crippen LogP contribution is 2.17. The van der Waals surface area contributed by atoms with E-state index in [4.69, 9.17) is 9.84 Å². The van der Waals surface area contributed by atoms with Crippen LogP contribution >= 0.6 is 0 Å². The van der Waals surface area contributed by atoms with E-state index >= 15 is 0 Å². The molecule has 0 saturated carbocycles. The quantitative estimate of drug-likeness (QED) is 0.623. The fraction of sp³-hybridized carbons (Fsp3) is 0.300. The van der Waals surface area contributed by atoms with E-state index in [0.29, 0.717) is 5.75 Å². The third kappa shape index (κ3) is 3.98.